The molecule has 1 atom stereocenters. The summed E-state index contributed by atoms with van der Waals surface area (Å²) < 4.78 is 5.47. The smallest absolute Gasteiger partial charge is 0.410 e. The van der Waals surface area contributed by atoms with Crippen LogP contribution in [0.25, 0.3) is 0 Å². The third-order valence-electron chi connectivity index (χ3n) is 4.00. The molecule has 0 aliphatic carbocycles. The number of likely N-dealkylation sites (tertiary alicyclic amines) is 1. The summed E-state index contributed by atoms with van der Waals surface area (Å²) in [6, 6.07) is 4.40. The van der Waals surface area contributed by atoms with Gasteiger partial charge in [-0.2, -0.15) is 0 Å². The van der Waals surface area contributed by atoms with Gasteiger partial charge < -0.3 is 15.0 Å². The van der Waals surface area contributed by atoms with Crippen LogP contribution in [0.5, 0.6) is 0 Å². The normalized spacial score (nSPS) is 18.8. The average Bonchev–Trinajstić information content (AvgIpc) is 2.52. The maximum atomic E-state index is 12.2. The van der Waals surface area contributed by atoms with E-state index in [4.69, 9.17) is 4.74 Å². The summed E-state index contributed by atoms with van der Waals surface area (Å²) in [5, 5.41) is 3.55. The van der Waals surface area contributed by atoms with E-state index in [-0.39, 0.29) is 6.09 Å². The number of nitrogens with zero attached hydrogens (tertiary/aromatic N) is 2. The van der Waals surface area contributed by atoms with Crippen LogP contribution in [0.1, 0.15) is 51.8 Å². The Balaban J connectivity index is 1.88. The number of piperidine rings is 1. The Hall–Kier alpha value is -1.62. The zero-order valence-corrected chi connectivity index (χ0v) is 14.8. The molecule has 1 N–H and O–H groups in total. The van der Waals surface area contributed by atoms with Crippen molar-refractivity contribution in [1.82, 2.24) is 15.2 Å². The first-order valence-electron chi connectivity index (χ1n) is 8.53. The molecular weight excluding hydrogens is 290 g/mol. The Morgan fingerprint density at radius 2 is 2.26 bits per heavy atom. The molecule has 2 rings (SSSR count). The van der Waals surface area contributed by atoms with Gasteiger partial charge in [0.05, 0.1) is 5.69 Å². The highest BCUT2D eigenvalue weighted by molar-refractivity contribution is 5.68. The van der Waals surface area contributed by atoms with E-state index in [1.807, 2.05) is 37.9 Å². The van der Waals surface area contributed by atoms with Crippen LogP contribution in [0.15, 0.2) is 18.3 Å². The molecule has 5 heteroatoms. The van der Waals surface area contributed by atoms with E-state index in [1.54, 1.807) is 0 Å². The van der Waals surface area contributed by atoms with Gasteiger partial charge in [-0.25, -0.2) is 4.79 Å². The van der Waals surface area contributed by atoms with Crippen molar-refractivity contribution in [3.63, 3.8) is 0 Å². The van der Waals surface area contributed by atoms with Gasteiger partial charge in [-0.1, -0.05) is 13.0 Å². The summed E-state index contributed by atoms with van der Waals surface area (Å²) in [5.41, 5.74) is 1.94. The zero-order valence-electron chi connectivity index (χ0n) is 14.8. The molecule has 1 fully saturated rings. The largest absolute Gasteiger partial charge is 0.444 e. The molecular formula is C18H29N3O2. The number of carbonyl (C=O) groups excluding carboxylic acids is 1. The van der Waals surface area contributed by atoms with E-state index in [0.29, 0.717) is 12.6 Å². The summed E-state index contributed by atoms with van der Waals surface area (Å²) in [4.78, 5) is 18.5. The number of aryl methyl sites for hydroxylation is 1. The summed E-state index contributed by atoms with van der Waals surface area (Å²) in [6.07, 6.45) is 4.69. The van der Waals surface area contributed by atoms with Crippen LogP contribution < -0.4 is 5.32 Å². The lowest BCUT2D eigenvalue weighted by atomic mass is 10.1. The van der Waals surface area contributed by atoms with E-state index in [2.05, 4.69) is 23.3 Å². The van der Waals surface area contributed by atoms with Crippen LogP contribution in [0, 0.1) is 0 Å². The minimum absolute atomic E-state index is 0.212. The van der Waals surface area contributed by atoms with Gasteiger partial charge in [0.1, 0.15) is 5.60 Å². The molecule has 128 valence electrons. The molecule has 5 nitrogen and oxygen atoms in total. The number of amides is 1. The van der Waals surface area contributed by atoms with Gasteiger partial charge in [-0.15, -0.1) is 0 Å². The van der Waals surface area contributed by atoms with Gasteiger partial charge in [0.2, 0.25) is 0 Å². The second-order valence-corrected chi connectivity index (χ2v) is 7.11. The summed E-state index contributed by atoms with van der Waals surface area (Å²) in [5.74, 6) is 0. The Labute approximate surface area is 139 Å². The molecule has 1 saturated heterocycles. The lowest BCUT2D eigenvalue weighted by Crippen LogP contribution is -2.49. The highest BCUT2D eigenvalue weighted by Gasteiger charge is 2.27. The predicted molar refractivity (Wildman–Crippen MR) is 91.3 cm³/mol. The lowest BCUT2D eigenvalue weighted by Gasteiger charge is -2.34. The number of hydrogen-bond acceptors (Lipinski definition) is 4. The Kier molecular flexibility index (Phi) is 5.99. The van der Waals surface area contributed by atoms with Crippen molar-refractivity contribution in [2.45, 2.75) is 65.1 Å². The van der Waals surface area contributed by atoms with Gasteiger partial charge in [0.15, 0.2) is 0 Å². The Morgan fingerprint density at radius 3 is 2.96 bits per heavy atom. The van der Waals surface area contributed by atoms with Crippen LogP contribution in [0.3, 0.4) is 0 Å². The van der Waals surface area contributed by atoms with Crippen molar-refractivity contribution < 1.29 is 9.53 Å². The molecule has 0 saturated carbocycles. The molecule has 0 aromatic carbocycles. The molecule has 1 aromatic rings. The third kappa shape index (κ3) is 5.50. The van der Waals surface area contributed by atoms with Crippen molar-refractivity contribution in [3.8, 4) is 0 Å². The first-order valence-corrected chi connectivity index (χ1v) is 8.53. The number of pyridine rings is 1. The predicted octanol–water partition coefficient (Wildman–Crippen LogP) is 3.13. The van der Waals surface area contributed by atoms with E-state index in [1.165, 1.54) is 5.56 Å². The number of ether oxygens (including phenoxy) is 1. The molecule has 0 radical (unpaired) electrons. The van der Waals surface area contributed by atoms with Crippen molar-refractivity contribution in [2.24, 2.45) is 0 Å². The van der Waals surface area contributed by atoms with Gasteiger partial charge in [0.25, 0.3) is 0 Å². The number of nitrogens with one attached hydrogen (secondary N) is 1. The average molecular weight is 319 g/mol. The van der Waals surface area contributed by atoms with Crippen molar-refractivity contribution >= 4 is 6.09 Å². The van der Waals surface area contributed by atoms with E-state index in [0.717, 1.165) is 38.0 Å². The van der Waals surface area contributed by atoms with Gasteiger partial charge in [0, 0.05) is 31.9 Å². The quantitative estimate of drug-likeness (QED) is 0.926. The minimum atomic E-state index is -0.443. The molecule has 2 heterocycles. The summed E-state index contributed by atoms with van der Waals surface area (Å²) >= 11 is 0. The third-order valence-corrected chi connectivity index (χ3v) is 4.00. The molecule has 1 aromatic heterocycles. The number of hydrogen-bond donors (Lipinski definition) is 1. The summed E-state index contributed by atoms with van der Waals surface area (Å²) in [6.45, 7) is 10.1. The molecule has 0 bridgehead atoms. The fourth-order valence-corrected chi connectivity index (χ4v) is 2.83. The van der Waals surface area contributed by atoms with Crippen LogP contribution >= 0.6 is 0 Å². The van der Waals surface area contributed by atoms with Gasteiger partial charge in [-0.3, -0.25) is 4.98 Å². The van der Waals surface area contributed by atoms with Crippen LogP contribution in [-0.4, -0.2) is 40.7 Å². The maximum absolute atomic E-state index is 12.2. The highest BCUT2D eigenvalue weighted by atomic mass is 16.6. The summed E-state index contributed by atoms with van der Waals surface area (Å²) in [7, 11) is 0. The number of rotatable bonds is 4. The fraction of sp³-hybridized carbons (Fsp3) is 0.667. The van der Waals surface area contributed by atoms with Crippen LogP contribution in [0.2, 0.25) is 0 Å². The number of aromatic nitrogens is 1. The SMILES string of the molecule is CCc1cccnc1CNC1CCCN(C(=O)OC(C)(C)C)C1. The molecule has 1 unspecified atom stereocenters. The van der Waals surface area contributed by atoms with Crippen LogP contribution in [-0.2, 0) is 17.7 Å². The first-order chi connectivity index (χ1) is 10.9. The van der Waals surface area contributed by atoms with Crippen molar-refractivity contribution in [3.05, 3.63) is 29.6 Å². The second-order valence-electron chi connectivity index (χ2n) is 7.11. The monoisotopic (exact) mass is 319 g/mol. The van der Waals surface area contributed by atoms with Crippen LogP contribution in [0.4, 0.5) is 4.79 Å². The molecule has 1 amide bonds. The molecule has 0 spiro atoms. The Morgan fingerprint density at radius 1 is 1.48 bits per heavy atom. The molecule has 1 aliphatic heterocycles. The fourth-order valence-electron chi connectivity index (χ4n) is 2.83. The maximum Gasteiger partial charge on any atom is 0.410 e. The highest BCUT2D eigenvalue weighted by Crippen LogP contribution is 2.16. The standard InChI is InChI=1S/C18H29N3O2/c1-5-14-8-6-10-19-16(14)12-20-15-9-7-11-21(13-15)17(22)23-18(2,3)4/h6,8,10,15,20H,5,7,9,11-13H2,1-4H3. The van der Waals surface area contributed by atoms with E-state index < -0.39 is 5.60 Å². The van der Waals surface area contributed by atoms with E-state index in [9.17, 15) is 4.79 Å². The lowest BCUT2D eigenvalue weighted by molar-refractivity contribution is 0.0187. The minimum Gasteiger partial charge on any atom is -0.444 e. The molecule has 23 heavy (non-hydrogen) atoms. The zero-order chi connectivity index (χ0) is 16.9. The van der Waals surface area contributed by atoms with E-state index >= 15 is 0 Å². The van der Waals surface area contributed by atoms with Gasteiger partial charge in [-0.05, 0) is 51.7 Å². The Bertz CT molecular complexity index is 525. The topological polar surface area (TPSA) is 54.5 Å². The first kappa shape index (κ1) is 17.7. The second kappa shape index (κ2) is 7.77. The van der Waals surface area contributed by atoms with Crippen molar-refractivity contribution in [2.75, 3.05) is 13.1 Å². The number of carbonyl (C=O) groups is 1. The molecule has 1 aliphatic rings. The van der Waals surface area contributed by atoms with Crippen molar-refractivity contribution in [1.29, 1.82) is 0 Å². The van der Waals surface area contributed by atoms with Gasteiger partial charge >= 0.3 is 6.09 Å².